The molecule has 0 aliphatic rings. The Morgan fingerprint density at radius 3 is 2.72 bits per heavy atom. The molecule has 0 aliphatic heterocycles. The molecule has 0 fully saturated rings. The number of aryl methyl sites for hydroxylation is 1. The largest absolute Gasteiger partial charge is 0.490 e. The zero-order chi connectivity index (χ0) is 17.8. The van der Waals surface area contributed by atoms with Crippen LogP contribution in [-0.2, 0) is 5.75 Å². The third kappa shape index (κ3) is 4.48. The van der Waals surface area contributed by atoms with Gasteiger partial charge in [0.1, 0.15) is 5.65 Å². The van der Waals surface area contributed by atoms with E-state index in [0.29, 0.717) is 33.8 Å². The molecule has 130 valence electrons. The maximum absolute atomic E-state index is 12.2. The van der Waals surface area contributed by atoms with Gasteiger partial charge in [0.2, 0.25) is 0 Å². The van der Waals surface area contributed by atoms with Crippen molar-refractivity contribution >= 4 is 40.6 Å². The summed E-state index contributed by atoms with van der Waals surface area (Å²) >= 11 is 13.8. The van der Waals surface area contributed by atoms with Crippen LogP contribution in [0.3, 0.4) is 0 Å². The molecule has 0 N–H and O–H groups in total. The van der Waals surface area contributed by atoms with Crippen LogP contribution >= 0.6 is 35.0 Å². The highest BCUT2D eigenvalue weighted by Crippen LogP contribution is 2.32. The van der Waals surface area contributed by atoms with Crippen molar-refractivity contribution in [2.75, 3.05) is 12.4 Å². The number of nitrogens with zero attached hydrogens (tertiary/aromatic N) is 2. The lowest BCUT2D eigenvalue weighted by Gasteiger charge is -2.09. The quantitative estimate of drug-likeness (QED) is 0.572. The minimum atomic E-state index is -0.0663. The number of rotatable bonds is 6. The number of hydrogen-bond donors (Lipinski definition) is 0. The Morgan fingerprint density at radius 2 is 1.96 bits per heavy atom. The minimum Gasteiger partial charge on any atom is -0.490 e. The summed E-state index contributed by atoms with van der Waals surface area (Å²) < 4.78 is 7.20. The lowest BCUT2D eigenvalue weighted by atomic mass is 10.3. The van der Waals surface area contributed by atoms with E-state index < -0.39 is 0 Å². The highest BCUT2D eigenvalue weighted by atomic mass is 35.5. The van der Waals surface area contributed by atoms with Crippen LogP contribution in [0.1, 0.15) is 11.3 Å². The van der Waals surface area contributed by atoms with Crippen molar-refractivity contribution in [3.05, 3.63) is 74.3 Å². The molecule has 0 aliphatic carbocycles. The van der Waals surface area contributed by atoms with Gasteiger partial charge in [-0.3, -0.25) is 9.20 Å². The maximum atomic E-state index is 12.2. The third-order valence-corrected chi connectivity index (χ3v) is 5.05. The smallest absolute Gasteiger partial charge is 0.258 e. The molecular weight excluding hydrogens is 379 g/mol. The van der Waals surface area contributed by atoms with Crippen LogP contribution in [0.5, 0.6) is 5.75 Å². The van der Waals surface area contributed by atoms with Crippen LogP contribution < -0.4 is 10.3 Å². The van der Waals surface area contributed by atoms with Gasteiger partial charge < -0.3 is 4.74 Å². The van der Waals surface area contributed by atoms with E-state index in [9.17, 15) is 4.79 Å². The number of ether oxygens (including phenoxy) is 1. The van der Waals surface area contributed by atoms with Crippen LogP contribution in [0.4, 0.5) is 0 Å². The average molecular weight is 395 g/mol. The molecule has 4 nitrogen and oxygen atoms in total. The normalized spacial score (nSPS) is 11.0. The van der Waals surface area contributed by atoms with Gasteiger partial charge >= 0.3 is 0 Å². The van der Waals surface area contributed by atoms with E-state index in [-0.39, 0.29) is 5.56 Å². The Labute approximate surface area is 159 Å². The van der Waals surface area contributed by atoms with E-state index in [1.807, 2.05) is 19.1 Å². The van der Waals surface area contributed by atoms with Gasteiger partial charge in [0, 0.05) is 23.8 Å². The molecule has 0 bridgehead atoms. The number of pyridine rings is 1. The highest BCUT2D eigenvalue weighted by Gasteiger charge is 2.07. The highest BCUT2D eigenvalue weighted by molar-refractivity contribution is 7.98. The molecule has 0 atom stereocenters. The number of hydrogen-bond acceptors (Lipinski definition) is 4. The summed E-state index contributed by atoms with van der Waals surface area (Å²) in [6.07, 6.45) is 1.79. The van der Waals surface area contributed by atoms with Crippen molar-refractivity contribution in [2.24, 2.45) is 0 Å². The molecule has 0 spiro atoms. The predicted octanol–water partition coefficient (Wildman–Crippen LogP) is 4.62. The number of thioether (sulfide) groups is 1. The Morgan fingerprint density at radius 1 is 1.20 bits per heavy atom. The first-order valence-electron chi connectivity index (χ1n) is 7.68. The summed E-state index contributed by atoms with van der Waals surface area (Å²) in [5, 5.41) is 0.994. The Balaban J connectivity index is 1.57. The van der Waals surface area contributed by atoms with Gasteiger partial charge in [0.15, 0.2) is 5.75 Å². The van der Waals surface area contributed by atoms with Gasteiger partial charge in [0.05, 0.1) is 22.3 Å². The molecule has 0 radical (unpaired) electrons. The molecule has 2 heterocycles. The monoisotopic (exact) mass is 394 g/mol. The van der Waals surface area contributed by atoms with E-state index in [2.05, 4.69) is 4.98 Å². The van der Waals surface area contributed by atoms with E-state index in [4.69, 9.17) is 27.9 Å². The zero-order valence-electron chi connectivity index (χ0n) is 13.5. The summed E-state index contributed by atoms with van der Waals surface area (Å²) in [7, 11) is 0. The summed E-state index contributed by atoms with van der Waals surface area (Å²) in [6, 6.07) is 10.6. The fourth-order valence-corrected chi connectivity index (χ4v) is 3.54. The molecule has 0 saturated carbocycles. The van der Waals surface area contributed by atoms with Crippen molar-refractivity contribution < 1.29 is 4.74 Å². The second kappa shape index (κ2) is 8.13. The van der Waals surface area contributed by atoms with Gasteiger partial charge in [-0.25, -0.2) is 4.98 Å². The van der Waals surface area contributed by atoms with Gasteiger partial charge in [0.25, 0.3) is 5.56 Å². The van der Waals surface area contributed by atoms with E-state index in [1.54, 1.807) is 46.6 Å². The number of fused-ring (bicyclic) bond motifs is 1. The zero-order valence-corrected chi connectivity index (χ0v) is 15.9. The molecule has 3 aromatic rings. The predicted molar refractivity (Wildman–Crippen MR) is 104 cm³/mol. The van der Waals surface area contributed by atoms with E-state index >= 15 is 0 Å². The molecule has 3 rings (SSSR count). The number of para-hydroxylation sites is 1. The van der Waals surface area contributed by atoms with Crippen molar-refractivity contribution in [1.82, 2.24) is 9.38 Å². The van der Waals surface area contributed by atoms with Crippen LogP contribution in [0, 0.1) is 6.92 Å². The molecule has 7 heteroatoms. The second-order valence-corrected chi connectivity index (χ2v) is 7.39. The molecular formula is C18H16Cl2N2O2S. The Kier molecular flexibility index (Phi) is 5.89. The first-order chi connectivity index (χ1) is 12.0. The topological polar surface area (TPSA) is 43.6 Å². The maximum Gasteiger partial charge on any atom is 0.258 e. The number of benzene rings is 1. The van der Waals surface area contributed by atoms with Gasteiger partial charge in [-0.15, -0.1) is 0 Å². The average Bonchev–Trinajstić information content (AvgIpc) is 2.57. The van der Waals surface area contributed by atoms with E-state index in [0.717, 1.165) is 17.0 Å². The standard InChI is InChI=1S/C18H16Cl2N2O2S/c1-12-5-6-16-21-13(9-17(23)22(16)10-12)11-25-8-7-24-18-14(19)3-2-4-15(18)20/h2-6,9-10H,7-8,11H2,1H3. The summed E-state index contributed by atoms with van der Waals surface area (Å²) in [4.78, 5) is 16.7. The molecule has 0 unspecified atom stereocenters. The molecule has 0 amide bonds. The SMILES string of the molecule is Cc1ccc2nc(CSCCOc3c(Cl)cccc3Cl)cc(=O)n2c1. The van der Waals surface area contributed by atoms with Crippen LogP contribution in [-0.4, -0.2) is 21.7 Å². The third-order valence-electron chi connectivity index (χ3n) is 3.50. The number of halogens is 2. The van der Waals surface area contributed by atoms with Crippen molar-refractivity contribution in [3.8, 4) is 5.75 Å². The molecule has 25 heavy (non-hydrogen) atoms. The van der Waals surface area contributed by atoms with Crippen molar-refractivity contribution in [3.63, 3.8) is 0 Å². The van der Waals surface area contributed by atoms with Crippen LogP contribution in [0.15, 0.2) is 47.4 Å². The molecule has 0 saturated heterocycles. The van der Waals surface area contributed by atoms with Crippen LogP contribution in [0.2, 0.25) is 10.0 Å². The minimum absolute atomic E-state index is 0.0663. The Hall–Kier alpha value is -1.69. The van der Waals surface area contributed by atoms with Crippen LogP contribution in [0.25, 0.3) is 5.65 Å². The number of aromatic nitrogens is 2. The molecule has 1 aromatic carbocycles. The van der Waals surface area contributed by atoms with Crippen molar-refractivity contribution in [1.29, 1.82) is 0 Å². The van der Waals surface area contributed by atoms with Gasteiger partial charge in [-0.2, -0.15) is 11.8 Å². The van der Waals surface area contributed by atoms with Gasteiger partial charge in [-0.1, -0.05) is 35.3 Å². The molecule has 2 aromatic heterocycles. The Bertz CT molecular complexity index is 939. The van der Waals surface area contributed by atoms with E-state index in [1.165, 1.54) is 0 Å². The summed E-state index contributed by atoms with van der Waals surface area (Å²) in [6.45, 7) is 2.42. The first-order valence-corrected chi connectivity index (χ1v) is 9.59. The lowest BCUT2D eigenvalue weighted by Crippen LogP contribution is -2.15. The lowest BCUT2D eigenvalue weighted by molar-refractivity contribution is 0.344. The second-order valence-electron chi connectivity index (χ2n) is 5.47. The summed E-state index contributed by atoms with van der Waals surface area (Å²) in [5.41, 5.74) is 2.37. The fraction of sp³-hybridized carbons (Fsp3) is 0.222. The van der Waals surface area contributed by atoms with Gasteiger partial charge in [-0.05, 0) is 30.7 Å². The summed E-state index contributed by atoms with van der Waals surface area (Å²) in [5.74, 6) is 1.87. The fourth-order valence-electron chi connectivity index (χ4n) is 2.33. The van der Waals surface area contributed by atoms with Crippen molar-refractivity contribution in [2.45, 2.75) is 12.7 Å². The first kappa shape index (κ1) is 18.1.